The average Bonchev–Trinajstić information content (AvgIpc) is 2.51. The Morgan fingerprint density at radius 1 is 1.27 bits per heavy atom. The van der Waals surface area contributed by atoms with Crippen LogP contribution in [0.4, 0.5) is 5.69 Å². The molecular formula is C17H23N3O2. The second-order valence-electron chi connectivity index (χ2n) is 5.34. The van der Waals surface area contributed by atoms with Crippen LogP contribution in [0.25, 0.3) is 0 Å². The van der Waals surface area contributed by atoms with Crippen LogP contribution in [0.15, 0.2) is 52.7 Å². The second kappa shape index (κ2) is 8.02. The van der Waals surface area contributed by atoms with Crippen LogP contribution in [-0.4, -0.2) is 30.9 Å². The Hall–Kier alpha value is -2.56. The van der Waals surface area contributed by atoms with Gasteiger partial charge in [0.2, 0.25) is 0 Å². The molecule has 0 aliphatic rings. The molecule has 0 saturated carbocycles. The van der Waals surface area contributed by atoms with Gasteiger partial charge in [0, 0.05) is 31.8 Å². The first kappa shape index (κ1) is 17.5. The number of carbonyl (C=O) groups is 1. The van der Waals surface area contributed by atoms with Crippen molar-refractivity contribution < 1.29 is 10.0 Å². The van der Waals surface area contributed by atoms with E-state index in [1.54, 1.807) is 19.1 Å². The van der Waals surface area contributed by atoms with E-state index in [4.69, 9.17) is 10.9 Å². The molecule has 0 aromatic heterocycles. The lowest BCUT2D eigenvalue weighted by Crippen LogP contribution is -2.09. The number of hydrogen-bond acceptors (Lipinski definition) is 4. The van der Waals surface area contributed by atoms with E-state index < -0.39 is 0 Å². The normalized spacial score (nSPS) is 13.2. The zero-order valence-electron chi connectivity index (χ0n) is 13.5. The van der Waals surface area contributed by atoms with Gasteiger partial charge in [0.1, 0.15) is 5.84 Å². The zero-order valence-corrected chi connectivity index (χ0v) is 13.5. The fourth-order valence-corrected chi connectivity index (χ4v) is 1.91. The van der Waals surface area contributed by atoms with E-state index in [-0.39, 0.29) is 11.6 Å². The van der Waals surface area contributed by atoms with Gasteiger partial charge in [-0.05, 0) is 43.7 Å². The summed E-state index contributed by atoms with van der Waals surface area (Å²) in [5, 5.41) is 11.4. The summed E-state index contributed by atoms with van der Waals surface area (Å²) in [5.41, 5.74) is 8.65. The summed E-state index contributed by atoms with van der Waals surface area (Å²) in [6.45, 7) is 3.65. The van der Waals surface area contributed by atoms with Crippen LogP contribution in [0.5, 0.6) is 0 Å². The molecule has 1 aromatic carbocycles. The van der Waals surface area contributed by atoms with Gasteiger partial charge in [0.05, 0.1) is 0 Å². The number of ketones is 1. The molecule has 0 spiro atoms. The van der Waals surface area contributed by atoms with E-state index >= 15 is 0 Å². The van der Waals surface area contributed by atoms with Gasteiger partial charge in [-0.15, -0.1) is 0 Å². The lowest BCUT2D eigenvalue weighted by Gasteiger charge is -2.12. The molecule has 0 unspecified atom stereocenters. The van der Waals surface area contributed by atoms with Crippen LogP contribution >= 0.6 is 0 Å². The largest absolute Gasteiger partial charge is 0.409 e. The van der Waals surface area contributed by atoms with Gasteiger partial charge >= 0.3 is 0 Å². The van der Waals surface area contributed by atoms with Crippen LogP contribution in [0, 0.1) is 0 Å². The van der Waals surface area contributed by atoms with Crippen molar-refractivity contribution in [3.05, 3.63) is 53.1 Å². The monoisotopic (exact) mass is 301 g/mol. The van der Waals surface area contributed by atoms with Crippen molar-refractivity contribution in [2.45, 2.75) is 20.3 Å². The Kier molecular flexibility index (Phi) is 6.38. The first-order valence-electron chi connectivity index (χ1n) is 6.98. The predicted octanol–water partition coefficient (Wildman–Crippen LogP) is 2.96. The fourth-order valence-electron chi connectivity index (χ4n) is 1.91. The van der Waals surface area contributed by atoms with Crippen LogP contribution in [0.1, 0.15) is 30.6 Å². The number of anilines is 1. The minimum Gasteiger partial charge on any atom is -0.409 e. The molecule has 0 fully saturated rings. The molecule has 0 bridgehead atoms. The maximum absolute atomic E-state index is 12.4. The number of nitrogens with two attached hydrogens (primary N) is 1. The Balaban J connectivity index is 2.85. The van der Waals surface area contributed by atoms with E-state index in [1.165, 1.54) is 0 Å². The van der Waals surface area contributed by atoms with Crippen molar-refractivity contribution in [2.75, 3.05) is 19.0 Å². The summed E-state index contributed by atoms with van der Waals surface area (Å²) in [6, 6.07) is 7.48. The third-order valence-electron chi connectivity index (χ3n) is 3.21. The van der Waals surface area contributed by atoms with Gasteiger partial charge in [-0.25, -0.2) is 0 Å². The van der Waals surface area contributed by atoms with Crippen molar-refractivity contribution in [3.8, 4) is 0 Å². The lowest BCUT2D eigenvalue weighted by molar-refractivity contribution is 0.103. The smallest absolute Gasteiger partial charge is 0.188 e. The molecule has 1 rings (SSSR count). The molecular weight excluding hydrogens is 278 g/mol. The standard InChI is InChI=1S/C17H23N3O2/c1-12(5-10-16(18)19-22)11-13(2)17(21)14-6-8-15(9-7-14)20(3)4/h5-9,11,22H,10H2,1-4H3,(H2,18,19). The van der Waals surface area contributed by atoms with Crippen LogP contribution < -0.4 is 10.6 Å². The average molecular weight is 301 g/mol. The highest BCUT2D eigenvalue weighted by Gasteiger charge is 2.08. The van der Waals surface area contributed by atoms with E-state index in [0.29, 0.717) is 17.6 Å². The first-order chi connectivity index (χ1) is 10.3. The number of allylic oxidation sites excluding steroid dienone is 3. The minimum atomic E-state index is -0.0122. The lowest BCUT2D eigenvalue weighted by atomic mass is 10.0. The maximum Gasteiger partial charge on any atom is 0.188 e. The molecule has 118 valence electrons. The predicted molar refractivity (Wildman–Crippen MR) is 90.6 cm³/mol. The third-order valence-corrected chi connectivity index (χ3v) is 3.21. The summed E-state index contributed by atoms with van der Waals surface area (Å²) in [7, 11) is 3.91. The highest BCUT2D eigenvalue weighted by Crippen LogP contribution is 2.16. The maximum atomic E-state index is 12.4. The summed E-state index contributed by atoms with van der Waals surface area (Å²) >= 11 is 0. The fraction of sp³-hybridized carbons (Fsp3) is 0.294. The minimum absolute atomic E-state index is 0.0122. The van der Waals surface area contributed by atoms with Gasteiger partial charge in [-0.2, -0.15) is 0 Å². The van der Waals surface area contributed by atoms with E-state index in [0.717, 1.165) is 11.3 Å². The first-order valence-corrected chi connectivity index (χ1v) is 6.98. The summed E-state index contributed by atoms with van der Waals surface area (Å²) in [6.07, 6.45) is 3.95. The van der Waals surface area contributed by atoms with Gasteiger partial charge < -0.3 is 15.8 Å². The van der Waals surface area contributed by atoms with E-state index in [2.05, 4.69) is 5.16 Å². The molecule has 1 aromatic rings. The van der Waals surface area contributed by atoms with Crippen LogP contribution in [-0.2, 0) is 0 Å². The molecule has 5 heteroatoms. The molecule has 3 N–H and O–H groups in total. The highest BCUT2D eigenvalue weighted by molar-refractivity contribution is 6.08. The Bertz CT molecular complexity index is 611. The molecule has 5 nitrogen and oxygen atoms in total. The number of Topliss-reactive ketones (excluding diaryl/α,β-unsaturated/α-hetero) is 1. The number of carbonyl (C=O) groups excluding carboxylic acids is 1. The van der Waals surface area contributed by atoms with Gasteiger partial charge in [-0.3, -0.25) is 4.79 Å². The van der Waals surface area contributed by atoms with Crippen molar-refractivity contribution >= 4 is 17.3 Å². The number of benzene rings is 1. The van der Waals surface area contributed by atoms with E-state index in [9.17, 15) is 4.79 Å². The second-order valence-corrected chi connectivity index (χ2v) is 5.34. The molecule has 0 saturated heterocycles. The molecule has 22 heavy (non-hydrogen) atoms. The van der Waals surface area contributed by atoms with Crippen LogP contribution in [0.2, 0.25) is 0 Å². The van der Waals surface area contributed by atoms with Gasteiger partial charge in [0.25, 0.3) is 0 Å². The van der Waals surface area contributed by atoms with Gasteiger partial charge in [0.15, 0.2) is 5.78 Å². The quantitative estimate of drug-likeness (QED) is 0.161. The van der Waals surface area contributed by atoms with Crippen molar-refractivity contribution in [3.63, 3.8) is 0 Å². The number of nitrogens with zero attached hydrogens (tertiary/aromatic N) is 2. The molecule has 0 atom stereocenters. The molecule has 0 aliphatic carbocycles. The highest BCUT2D eigenvalue weighted by atomic mass is 16.4. The number of hydrogen-bond donors (Lipinski definition) is 2. The van der Waals surface area contributed by atoms with Crippen molar-refractivity contribution in [2.24, 2.45) is 10.9 Å². The number of oxime groups is 1. The molecule has 0 aliphatic heterocycles. The summed E-state index contributed by atoms with van der Waals surface area (Å²) in [5.74, 6) is 0.123. The van der Waals surface area contributed by atoms with Gasteiger partial charge in [-0.1, -0.05) is 22.9 Å². The number of amidine groups is 1. The summed E-state index contributed by atoms with van der Waals surface area (Å²) in [4.78, 5) is 14.3. The van der Waals surface area contributed by atoms with Crippen molar-refractivity contribution in [1.82, 2.24) is 0 Å². The molecule has 0 radical (unpaired) electrons. The number of rotatable bonds is 6. The Morgan fingerprint density at radius 2 is 1.86 bits per heavy atom. The SMILES string of the molecule is CC(=CCC(N)=NO)C=C(C)C(=O)c1ccc(N(C)C)cc1. The molecule has 0 heterocycles. The van der Waals surface area contributed by atoms with E-state index in [1.807, 2.05) is 50.2 Å². The Morgan fingerprint density at radius 3 is 2.36 bits per heavy atom. The topological polar surface area (TPSA) is 78.9 Å². The van der Waals surface area contributed by atoms with Crippen LogP contribution in [0.3, 0.4) is 0 Å². The third kappa shape index (κ3) is 5.09. The Labute approximate surface area is 131 Å². The zero-order chi connectivity index (χ0) is 16.7. The van der Waals surface area contributed by atoms with Crippen molar-refractivity contribution in [1.29, 1.82) is 0 Å². The summed E-state index contributed by atoms with van der Waals surface area (Å²) < 4.78 is 0. The molecule has 0 amide bonds.